The fraction of sp³-hybridized carbons (Fsp3) is 0.923. The summed E-state index contributed by atoms with van der Waals surface area (Å²) in [6, 6.07) is 0.299. The van der Waals surface area contributed by atoms with Gasteiger partial charge in [0, 0.05) is 18.0 Å². The van der Waals surface area contributed by atoms with Gasteiger partial charge in [-0.1, -0.05) is 27.7 Å². The maximum absolute atomic E-state index is 11.7. The molecule has 0 aromatic heterocycles. The van der Waals surface area contributed by atoms with E-state index in [0.717, 1.165) is 6.42 Å². The summed E-state index contributed by atoms with van der Waals surface area (Å²) in [5.74, 6) is 0.127. The first-order valence-corrected chi connectivity index (χ1v) is 6.07. The minimum atomic E-state index is -0.258. The third kappa shape index (κ3) is 2.57. The molecule has 3 N–H and O–H groups in total. The summed E-state index contributed by atoms with van der Waals surface area (Å²) in [5, 5.41) is 3.11. The van der Waals surface area contributed by atoms with Crippen molar-refractivity contribution in [1.29, 1.82) is 0 Å². The molecule has 0 aliphatic heterocycles. The van der Waals surface area contributed by atoms with E-state index in [1.54, 1.807) is 0 Å². The van der Waals surface area contributed by atoms with Crippen LogP contribution in [0.3, 0.4) is 0 Å². The zero-order valence-corrected chi connectivity index (χ0v) is 11.5. The molecule has 0 bridgehead atoms. The second-order valence-corrected chi connectivity index (χ2v) is 6.93. The Labute approximate surface area is 99.2 Å². The molecule has 3 heteroatoms. The lowest BCUT2D eigenvalue weighted by Gasteiger charge is -2.17. The summed E-state index contributed by atoms with van der Waals surface area (Å²) in [4.78, 5) is 11.7. The van der Waals surface area contributed by atoms with Gasteiger partial charge in [0.2, 0.25) is 5.91 Å². The molecule has 1 rings (SSSR count). The Hall–Kier alpha value is -0.570. The molecule has 1 aliphatic carbocycles. The molecule has 0 radical (unpaired) electrons. The minimum Gasteiger partial charge on any atom is -0.352 e. The van der Waals surface area contributed by atoms with Gasteiger partial charge in [0.05, 0.1) is 0 Å². The largest absolute Gasteiger partial charge is 0.352 e. The van der Waals surface area contributed by atoms with E-state index in [1.807, 2.05) is 13.8 Å². The highest BCUT2D eigenvalue weighted by atomic mass is 16.1. The highest BCUT2D eigenvalue weighted by Crippen LogP contribution is 2.62. The highest BCUT2D eigenvalue weighted by Gasteiger charge is 2.65. The Morgan fingerprint density at radius 2 is 1.69 bits per heavy atom. The van der Waals surface area contributed by atoms with Crippen molar-refractivity contribution < 1.29 is 4.79 Å². The van der Waals surface area contributed by atoms with Crippen LogP contribution in [0, 0.1) is 10.8 Å². The lowest BCUT2D eigenvalue weighted by atomic mass is 10.00. The van der Waals surface area contributed by atoms with Crippen molar-refractivity contribution in [2.75, 3.05) is 0 Å². The number of hydrogen-bond acceptors (Lipinski definition) is 2. The van der Waals surface area contributed by atoms with Gasteiger partial charge in [0.25, 0.3) is 0 Å². The summed E-state index contributed by atoms with van der Waals surface area (Å²) in [6.07, 6.45) is 1.25. The maximum atomic E-state index is 11.7. The van der Waals surface area contributed by atoms with Gasteiger partial charge in [0.15, 0.2) is 0 Å². The number of amides is 1. The Morgan fingerprint density at radius 1 is 1.25 bits per heavy atom. The van der Waals surface area contributed by atoms with Crippen molar-refractivity contribution in [3.8, 4) is 0 Å². The second-order valence-electron chi connectivity index (χ2n) is 6.93. The minimum absolute atomic E-state index is 0.127. The average Bonchev–Trinajstić information content (AvgIpc) is 2.43. The Bertz CT molecular complexity index is 273. The third-order valence-electron chi connectivity index (χ3n) is 4.32. The molecule has 0 atom stereocenters. The maximum Gasteiger partial charge on any atom is 0.220 e. The molecule has 1 amide bonds. The van der Waals surface area contributed by atoms with Crippen LogP contribution in [0.4, 0.5) is 0 Å². The van der Waals surface area contributed by atoms with Crippen molar-refractivity contribution in [2.24, 2.45) is 16.6 Å². The Balaban J connectivity index is 2.38. The lowest BCUT2D eigenvalue weighted by molar-refractivity contribution is -0.121. The van der Waals surface area contributed by atoms with E-state index in [0.29, 0.717) is 12.5 Å². The summed E-state index contributed by atoms with van der Waals surface area (Å²) in [5.41, 5.74) is 6.02. The quantitative estimate of drug-likeness (QED) is 0.771. The molecule has 3 nitrogen and oxygen atoms in total. The average molecular weight is 226 g/mol. The molecular formula is C13H26N2O. The molecular weight excluding hydrogens is 200 g/mol. The zero-order chi connectivity index (χ0) is 12.8. The van der Waals surface area contributed by atoms with Crippen molar-refractivity contribution in [2.45, 2.75) is 66.0 Å². The molecule has 16 heavy (non-hydrogen) atoms. The van der Waals surface area contributed by atoms with Crippen LogP contribution in [0.5, 0.6) is 0 Å². The normalized spacial score (nSPS) is 22.9. The smallest absolute Gasteiger partial charge is 0.220 e. The van der Waals surface area contributed by atoms with Crippen molar-refractivity contribution >= 4 is 5.91 Å². The van der Waals surface area contributed by atoms with Crippen LogP contribution in [-0.4, -0.2) is 17.5 Å². The van der Waals surface area contributed by atoms with Crippen LogP contribution in [0.1, 0.15) is 54.4 Å². The van der Waals surface area contributed by atoms with Crippen molar-refractivity contribution in [3.05, 3.63) is 0 Å². The van der Waals surface area contributed by atoms with Crippen LogP contribution in [0.25, 0.3) is 0 Å². The lowest BCUT2D eigenvalue weighted by Crippen LogP contribution is -2.36. The van der Waals surface area contributed by atoms with Gasteiger partial charge in [-0.3, -0.25) is 4.79 Å². The van der Waals surface area contributed by atoms with E-state index < -0.39 is 0 Å². The van der Waals surface area contributed by atoms with E-state index in [1.165, 1.54) is 0 Å². The first-order chi connectivity index (χ1) is 6.98. The number of hydrogen-bond donors (Lipinski definition) is 2. The van der Waals surface area contributed by atoms with Crippen molar-refractivity contribution in [1.82, 2.24) is 5.32 Å². The molecule has 94 valence electrons. The van der Waals surface area contributed by atoms with Gasteiger partial charge >= 0.3 is 0 Å². The number of nitrogens with two attached hydrogens (primary N) is 1. The predicted molar refractivity (Wildman–Crippen MR) is 67.0 cm³/mol. The second kappa shape index (κ2) is 3.73. The predicted octanol–water partition coefficient (Wildman–Crippen LogP) is 2.05. The van der Waals surface area contributed by atoms with Gasteiger partial charge in [-0.25, -0.2) is 0 Å². The number of carbonyl (C=O) groups is 1. The first-order valence-electron chi connectivity index (χ1n) is 6.07. The molecule has 1 aliphatic rings. The van der Waals surface area contributed by atoms with Gasteiger partial charge in [-0.05, 0) is 31.1 Å². The number of carbonyl (C=O) groups excluding carboxylic acids is 1. The van der Waals surface area contributed by atoms with Crippen molar-refractivity contribution in [3.63, 3.8) is 0 Å². The molecule has 1 fully saturated rings. The fourth-order valence-corrected chi connectivity index (χ4v) is 2.23. The molecule has 0 aromatic rings. The molecule has 0 spiro atoms. The summed E-state index contributed by atoms with van der Waals surface area (Å²) >= 11 is 0. The SMILES string of the molecule is CC(C)(N)CCC(=O)NC1C(C)(C)C1(C)C. The van der Waals surface area contributed by atoms with E-state index in [-0.39, 0.29) is 22.3 Å². The topological polar surface area (TPSA) is 55.1 Å². The van der Waals surface area contributed by atoms with E-state index >= 15 is 0 Å². The molecule has 0 unspecified atom stereocenters. The molecule has 0 saturated heterocycles. The van der Waals surface area contributed by atoms with Gasteiger partial charge in [0.1, 0.15) is 0 Å². The summed E-state index contributed by atoms with van der Waals surface area (Å²) < 4.78 is 0. The Kier molecular flexibility index (Phi) is 3.14. The molecule has 1 saturated carbocycles. The Morgan fingerprint density at radius 3 is 2.00 bits per heavy atom. The summed E-state index contributed by atoms with van der Waals surface area (Å²) in [6.45, 7) is 12.7. The van der Waals surface area contributed by atoms with E-state index in [4.69, 9.17) is 5.73 Å². The molecule has 0 aromatic carbocycles. The zero-order valence-electron chi connectivity index (χ0n) is 11.5. The first kappa shape index (κ1) is 13.5. The van der Waals surface area contributed by atoms with Gasteiger partial charge in [-0.15, -0.1) is 0 Å². The van der Waals surface area contributed by atoms with E-state index in [2.05, 4.69) is 33.0 Å². The van der Waals surface area contributed by atoms with Crippen LogP contribution >= 0.6 is 0 Å². The summed E-state index contributed by atoms with van der Waals surface area (Å²) in [7, 11) is 0. The van der Waals surface area contributed by atoms with Crippen LogP contribution in [-0.2, 0) is 4.79 Å². The third-order valence-corrected chi connectivity index (χ3v) is 4.32. The highest BCUT2D eigenvalue weighted by molar-refractivity contribution is 5.77. The van der Waals surface area contributed by atoms with Gasteiger partial charge in [-0.2, -0.15) is 0 Å². The van der Waals surface area contributed by atoms with Crippen LogP contribution < -0.4 is 11.1 Å². The van der Waals surface area contributed by atoms with Gasteiger partial charge < -0.3 is 11.1 Å². The van der Waals surface area contributed by atoms with Crippen LogP contribution in [0.2, 0.25) is 0 Å². The molecule has 0 heterocycles. The monoisotopic (exact) mass is 226 g/mol. The van der Waals surface area contributed by atoms with Crippen LogP contribution in [0.15, 0.2) is 0 Å². The fourth-order valence-electron chi connectivity index (χ4n) is 2.23. The van der Waals surface area contributed by atoms with E-state index in [9.17, 15) is 4.79 Å². The number of rotatable bonds is 4. The standard InChI is InChI=1S/C13H26N2O/c1-11(2,14)8-7-9(16)15-10-12(3,4)13(10,5)6/h10H,7-8,14H2,1-6H3,(H,15,16). The number of nitrogens with one attached hydrogen (secondary N) is 1.